The summed E-state index contributed by atoms with van der Waals surface area (Å²) < 4.78 is 23.6. The molecule has 0 aromatic heterocycles. The molecular weight excluding hydrogens is 366 g/mol. The van der Waals surface area contributed by atoms with E-state index in [1.807, 2.05) is 24.0 Å². The summed E-state index contributed by atoms with van der Waals surface area (Å²) in [5.41, 5.74) is 1.09. The van der Waals surface area contributed by atoms with Gasteiger partial charge in [-0.25, -0.2) is 8.42 Å². The molecule has 7 nitrogen and oxygen atoms in total. The Kier molecular flexibility index (Phi) is 6.26. The van der Waals surface area contributed by atoms with Gasteiger partial charge in [-0.05, 0) is 37.1 Å². The summed E-state index contributed by atoms with van der Waals surface area (Å²) in [4.78, 5) is 18.2. The Hall–Kier alpha value is -1.80. The minimum absolute atomic E-state index is 0.0760. The van der Waals surface area contributed by atoms with E-state index in [9.17, 15) is 18.3 Å². The van der Waals surface area contributed by atoms with E-state index in [0.717, 1.165) is 38.3 Å². The zero-order chi connectivity index (χ0) is 19.4. The number of hydrogen-bond donors (Lipinski definition) is 2. The maximum absolute atomic E-state index is 12.9. The smallest absolute Gasteiger partial charge is 0.278 e. The number of nitrogens with zero attached hydrogens (tertiary/aromatic N) is 2. The van der Waals surface area contributed by atoms with Crippen LogP contribution in [0.15, 0.2) is 24.3 Å². The van der Waals surface area contributed by atoms with Crippen molar-refractivity contribution in [1.82, 2.24) is 4.90 Å². The van der Waals surface area contributed by atoms with Gasteiger partial charge in [-0.2, -0.15) is 0 Å². The van der Waals surface area contributed by atoms with Gasteiger partial charge in [-0.15, -0.1) is 0 Å². The second-order valence-corrected chi connectivity index (χ2v) is 9.80. The van der Waals surface area contributed by atoms with Crippen molar-refractivity contribution in [2.45, 2.75) is 25.8 Å². The third kappa shape index (κ3) is 5.13. The van der Waals surface area contributed by atoms with Gasteiger partial charge in [0.2, 0.25) is 0 Å². The first-order valence-corrected chi connectivity index (χ1v) is 11.6. The number of quaternary nitrogens is 1. The molecule has 1 amide bonds. The molecule has 2 saturated heterocycles. The number of carbonyl (C=O) groups excluding carboxylic acids is 1. The number of nitrogens with one attached hydrogen (secondary N) is 1. The van der Waals surface area contributed by atoms with Gasteiger partial charge in [-0.3, -0.25) is 4.79 Å². The van der Waals surface area contributed by atoms with Crippen LogP contribution in [0.3, 0.4) is 0 Å². The fraction of sp³-hybridized carbons (Fsp3) is 0.632. The molecule has 0 radical (unpaired) electrons. The van der Waals surface area contributed by atoms with Crippen LogP contribution >= 0.6 is 0 Å². The molecule has 2 aliphatic heterocycles. The number of carbonyl (C=O) groups is 1. The van der Waals surface area contributed by atoms with Gasteiger partial charge in [0.15, 0.2) is 16.4 Å². The van der Waals surface area contributed by atoms with Crippen LogP contribution in [0.5, 0.6) is 5.75 Å². The van der Waals surface area contributed by atoms with Crippen molar-refractivity contribution in [2.24, 2.45) is 0 Å². The van der Waals surface area contributed by atoms with Crippen LogP contribution < -0.4 is 9.80 Å². The molecule has 27 heavy (non-hydrogen) atoms. The molecule has 2 N–H and O–H groups in total. The predicted molar refractivity (Wildman–Crippen MR) is 105 cm³/mol. The monoisotopic (exact) mass is 396 g/mol. The highest BCUT2D eigenvalue weighted by molar-refractivity contribution is 7.91. The molecule has 2 fully saturated rings. The van der Waals surface area contributed by atoms with E-state index < -0.39 is 9.84 Å². The lowest BCUT2D eigenvalue weighted by Crippen LogP contribution is -3.16. The maximum atomic E-state index is 12.9. The van der Waals surface area contributed by atoms with Gasteiger partial charge in [0.25, 0.3) is 5.91 Å². The van der Waals surface area contributed by atoms with Crippen molar-refractivity contribution in [3.05, 3.63) is 24.3 Å². The van der Waals surface area contributed by atoms with Gasteiger partial charge in [0.05, 0.1) is 37.7 Å². The first kappa shape index (κ1) is 19.9. The average molecular weight is 397 g/mol. The highest BCUT2D eigenvalue weighted by Crippen LogP contribution is 2.19. The summed E-state index contributed by atoms with van der Waals surface area (Å²) in [5, 5.41) is 9.41. The molecule has 1 aromatic rings. The fourth-order valence-corrected chi connectivity index (χ4v) is 5.74. The largest absolute Gasteiger partial charge is 0.508 e. The van der Waals surface area contributed by atoms with Crippen molar-refractivity contribution in [2.75, 3.05) is 55.7 Å². The summed E-state index contributed by atoms with van der Waals surface area (Å²) >= 11 is 0. The molecule has 2 aliphatic rings. The maximum Gasteiger partial charge on any atom is 0.278 e. The molecule has 2 heterocycles. The molecule has 8 heteroatoms. The molecule has 1 aromatic carbocycles. The summed E-state index contributed by atoms with van der Waals surface area (Å²) in [7, 11) is -2.99. The highest BCUT2D eigenvalue weighted by atomic mass is 32.2. The molecule has 0 saturated carbocycles. The van der Waals surface area contributed by atoms with Gasteiger partial charge in [0, 0.05) is 18.3 Å². The van der Waals surface area contributed by atoms with Crippen LogP contribution in [-0.4, -0.2) is 81.1 Å². The van der Waals surface area contributed by atoms with Crippen LogP contribution in [0.2, 0.25) is 0 Å². The standard InChI is InChI=1S/C19H29N3O4S/c1-2-8-22(17-7-13-27(25,26)15-17)19(24)14-20-9-11-21(12-10-20)16-3-5-18(23)6-4-16/h3-6,17,23H,2,7-15H2,1H3/p+1/t17-/m0/s1. The number of amides is 1. The Labute approximate surface area is 161 Å². The summed E-state index contributed by atoms with van der Waals surface area (Å²) in [6.45, 7) is 6.54. The molecular formula is C19H30N3O4S+. The summed E-state index contributed by atoms with van der Waals surface area (Å²) in [5.74, 6) is 0.650. The van der Waals surface area contributed by atoms with Crippen LogP contribution in [0, 0.1) is 0 Å². The van der Waals surface area contributed by atoms with Crippen LogP contribution in [-0.2, 0) is 14.6 Å². The number of phenols is 1. The number of anilines is 1. The first-order chi connectivity index (χ1) is 12.9. The Balaban J connectivity index is 1.53. The van der Waals surface area contributed by atoms with E-state index >= 15 is 0 Å². The number of phenolic OH excluding ortho intramolecular Hbond substituents is 1. The van der Waals surface area contributed by atoms with Crippen LogP contribution in [0.1, 0.15) is 19.8 Å². The second-order valence-electron chi connectivity index (χ2n) is 7.57. The number of rotatable bonds is 6. The molecule has 3 rings (SSSR count). The number of sulfone groups is 1. The number of hydrogen-bond acceptors (Lipinski definition) is 5. The van der Waals surface area contributed by atoms with Crippen molar-refractivity contribution in [3.63, 3.8) is 0 Å². The summed E-state index contributed by atoms with van der Waals surface area (Å²) in [6, 6.07) is 7.05. The van der Waals surface area contributed by atoms with Crippen LogP contribution in [0.25, 0.3) is 0 Å². The zero-order valence-electron chi connectivity index (χ0n) is 15.9. The second kappa shape index (κ2) is 8.48. The molecule has 0 unspecified atom stereocenters. The van der Waals surface area contributed by atoms with Crippen molar-refractivity contribution < 1.29 is 23.2 Å². The third-order valence-electron chi connectivity index (χ3n) is 5.52. The van der Waals surface area contributed by atoms with E-state index in [1.54, 1.807) is 12.1 Å². The molecule has 0 aliphatic carbocycles. The number of piperazine rings is 1. The Morgan fingerprint density at radius 3 is 2.48 bits per heavy atom. The minimum Gasteiger partial charge on any atom is -0.508 e. The number of benzene rings is 1. The van der Waals surface area contributed by atoms with Crippen molar-refractivity contribution in [3.8, 4) is 5.75 Å². The SMILES string of the molecule is CCCN(C(=O)C[NH+]1CCN(c2ccc(O)cc2)CC1)[C@H]1CCS(=O)(=O)C1. The third-order valence-corrected chi connectivity index (χ3v) is 7.27. The van der Waals surface area contributed by atoms with Crippen LogP contribution in [0.4, 0.5) is 5.69 Å². The van der Waals surface area contributed by atoms with Gasteiger partial charge in [0.1, 0.15) is 5.75 Å². The molecule has 150 valence electrons. The topological polar surface area (TPSA) is 82.4 Å². The molecule has 1 atom stereocenters. The summed E-state index contributed by atoms with van der Waals surface area (Å²) in [6.07, 6.45) is 1.41. The zero-order valence-corrected chi connectivity index (χ0v) is 16.7. The quantitative estimate of drug-likeness (QED) is 0.679. The van der Waals surface area contributed by atoms with Gasteiger partial charge >= 0.3 is 0 Å². The normalized spacial score (nSPS) is 22.7. The first-order valence-electron chi connectivity index (χ1n) is 9.75. The Morgan fingerprint density at radius 2 is 1.93 bits per heavy atom. The van der Waals surface area contributed by atoms with Gasteiger partial charge < -0.3 is 19.8 Å². The van der Waals surface area contributed by atoms with Crippen molar-refractivity contribution >= 4 is 21.4 Å². The Morgan fingerprint density at radius 1 is 1.26 bits per heavy atom. The number of aromatic hydroxyl groups is 1. The lowest BCUT2D eigenvalue weighted by molar-refractivity contribution is -0.892. The van der Waals surface area contributed by atoms with Crippen molar-refractivity contribution in [1.29, 1.82) is 0 Å². The van der Waals surface area contributed by atoms with E-state index in [2.05, 4.69) is 4.90 Å². The minimum atomic E-state index is -2.99. The van der Waals surface area contributed by atoms with E-state index in [1.165, 1.54) is 4.90 Å². The fourth-order valence-electron chi connectivity index (χ4n) is 4.01. The van der Waals surface area contributed by atoms with Gasteiger partial charge in [-0.1, -0.05) is 6.92 Å². The highest BCUT2D eigenvalue weighted by Gasteiger charge is 2.35. The molecule has 0 bridgehead atoms. The van der Waals surface area contributed by atoms with E-state index in [4.69, 9.17) is 0 Å². The van der Waals surface area contributed by atoms with E-state index in [-0.39, 0.29) is 29.2 Å². The lowest BCUT2D eigenvalue weighted by atomic mass is 10.2. The lowest BCUT2D eigenvalue weighted by Gasteiger charge is -2.35. The predicted octanol–water partition coefficient (Wildman–Crippen LogP) is -0.477. The molecule has 0 spiro atoms. The average Bonchev–Trinajstić information content (AvgIpc) is 3.00. The van der Waals surface area contributed by atoms with E-state index in [0.29, 0.717) is 19.5 Å². The Bertz CT molecular complexity index is 743.